The van der Waals surface area contributed by atoms with Crippen LogP contribution in [0.5, 0.6) is 11.8 Å². The Balaban J connectivity index is 2.73. The zero-order valence-electron chi connectivity index (χ0n) is 9.98. The second-order valence-electron chi connectivity index (χ2n) is 3.65. The molecule has 96 valence electrons. The fraction of sp³-hybridized carbons (Fsp3) is 0.300. The minimum absolute atomic E-state index is 0.00763. The van der Waals surface area contributed by atoms with Crippen LogP contribution in [0.15, 0.2) is 9.27 Å². The summed E-state index contributed by atoms with van der Waals surface area (Å²) in [5.74, 6) is 0.291. The Bertz CT molecular complexity index is 662. The number of aromatic amines is 1. The molecule has 0 aliphatic rings. The number of rotatable bonds is 2. The highest BCUT2D eigenvalue weighted by Crippen LogP contribution is 2.31. The maximum absolute atomic E-state index is 11.6. The lowest BCUT2D eigenvalue weighted by atomic mass is 10.2. The number of hydrogen-bond acceptors (Lipinski definition) is 5. The molecule has 7 nitrogen and oxygen atoms in total. The van der Waals surface area contributed by atoms with Crippen LogP contribution in [0.3, 0.4) is 0 Å². The molecular formula is C10H11BrN4O3. The summed E-state index contributed by atoms with van der Waals surface area (Å²) in [5.41, 5.74) is 0.710. The summed E-state index contributed by atoms with van der Waals surface area (Å²) >= 11 is 2.94. The largest absolute Gasteiger partial charge is 0.492 e. The number of nitrogens with zero attached hydrogens (tertiary/aromatic N) is 3. The van der Waals surface area contributed by atoms with E-state index in [0.717, 1.165) is 0 Å². The Labute approximate surface area is 111 Å². The second kappa shape index (κ2) is 4.45. The van der Waals surface area contributed by atoms with E-state index in [1.807, 2.05) is 0 Å². The van der Waals surface area contributed by atoms with Crippen molar-refractivity contribution in [3.8, 4) is 23.1 Å². The van der Waals surface area contributed by atoms with Crippen molar-refractivity contribution in [3.05, 3.63) is 20.5 Å². The maximum Gasteiger partial charge on any atom is 0.269 e. The van der Waals surface area contributed by atoms with Crippen molar-refractivity contribution in [1.29, 1.82) is 0 Å². The van der Waals surface area contributed by atoms with Gasteiger partial charge < -0.3 is 14.8 Å². The van der Waals surface area contributed by atoms with E-state index in [2.05, 4.69) is 31.0 Å². The monoisotopic (exact) mass is 314 g/mol. The molecule has 0 aromatic carbocycles. The van der Waals surface area contributed by atoms with E-state index in [0.29, 0.717) is 17.1 Å². The van der Waals surface area contributed by atoms with Crippen molar-refractivity contribution in [2.45, 2.75) is 6.92 Å². The third-order valence-corrected chi connectivity index (χ3v) is 3.16. The fourth-order valence-corrected chi connectivity index (χ4v) is 1.90. The van der Waals surface area contributed by atoms with Crippen molar-refractivity contribution < 1.29 is 9.84 Å². The molecule has 0 amide bonds. The van der Waals surface area contributed by atoms with E-state index >= 15 is 0 Å². The maximum atomic E-state index is 11.6. The third-order valence-electron chi connectivity index (χ3n) is 2.45. The average Bonchev–Trinajstić information content (AvgIpc) is 2.59. The van der Waals surface area contributed by atoms with Gasteiger partial charge in [0.1, 0.15) is 10.0 Å². The van der Waals surface area contributed by atoms with Crippen LogP contribution in [0.1, 0.15) is 5.69 Å². The molecule has 0 saturated carbocycles. The average molecular weight is 315 g/mol. The summed E-state index contributed by atoms with van der Waals surface area (Å²) in [5, 5.41) is 13.7. The van der Waals surface area contributed by atoms with Crippen LogP contribution < -0.4 is 10.3 Å². The molecule has 0 aliphatic heterocycles. The summed E-state index contributed by atoms with van der Waals surface area (Å²) in [6.45, 7) is 1.76. The lowest BCUT2D eigenvalue weighted by molar-refractivity contribution is 0.374. The van der Waals surface area contributed by atoms with Crippen LogP contribution in [0.4, 0.5) is 0 Å². The van der Waals surface area contributed by atoms with Gasteiger partial charge in [0.05, 0.1) is 12.8 Å². The first-order valence-corrected chi connectivity index (χ1v) is 5.81. The molecule has 0 spiro atoms. The Morgan fingerprint density at radius 3 is 2.72 bits per heavy atom. The molecule has 18 heavy (non-hydrogen) atoms. The van der Waals surface area contributed by atoms with Crippen LogP contribution >= 0.6 is 15.9 Å². The number of nitrogens with one attached hydrogen (secondary N) is 1. The predicted octanol–water partition coefficient (Wildman–Crippen LogP) is 0.956. The molecule has 2 heterocycles. The molecule has 0 fully saturated rings. The van der Waals surface area contributed by atoms with Crippen molar-refractivity contribution in [2.24, 2.45) is 7.05 Å². The molecule has 0 aliphatic carbocycles. The number of aryl methyl sites for hydroxylation is 2. The van der Waals surface area contributed by atoms with Crippen LogP contribution in [0, 0.1) is 6.92 Å². The van der Waals surface area contributed by atoms with Crippen molar-refractivity contribution >= 4 is 15.9 Å². The standard InChI is InChI=1S/C10H11BrN4O3/c1-4-5(10(18-3)15(2)14-4)7-12-8(16)6(11)9(17)13-7/h1-3H3,(H2,12,13,16,17). The molecule has 0 saturated heterocycles. The van der Waals surface area contributed by atoms with E-state index in [1.165, 1.54) is 11.8 Å². The predicted molar refractivity (Wildman–Crippen MR) is 67.7 cm³/mol. The first-order valence-electron chi connectivity index (χ1n) is 5.02. The number of aromatic hydroxyl groups is 1. The normalized spacial score (nSPS) is 10.7. The summed E-state index contributed by atoms with van der Waals surface area (Å²) < 4.78 is 6.73. The number of halogens is 1. The minimum Gasteiger partial charge on any atom is -0.492 e. The van der Waals surface area contributed by atoms with Crippen LogP contribution in [0.25, 0.3) is 11.4 Å². The van der Waals surface area contributed by atoms with Gasteiger partial charge in [0, 0.05) is 7.05 Å². The molecule has 0 atom stereocenters. The van der Waals surface area contributed by atoms with Gasteiger partial charge in [-0.05, 0) is 22.9 Å². The van der Waals surface area contributed by atoms with Crippen molar-refractivity contribution in [2.75, 3.05) is 7.11 Å². The van der Waals surface area contributed by atoms with Gasteiger partial charge >= 0.3 is 0 Å². The zero-order valence-corrected chi connectivity index (χ0v) is 11.6. The fourth-order valence-electron chi connectivity index (χ4n) is 1.71. The van der Waals surface area contributed by atoms with Gasteiger partial charge in [0.2, 0.25) is 11.8 Å². The Hall–Kier alpha value is -1.83. The molecule has 0 bridgehead atoms. The topological polar surface area (TPSA) is 93.0 Å². The first-order chi connectivity index (χ1) is 8.45. The van der Waals surface area contributed by atoms with E-state index in [4.69, 9.17) is 4.74 Å². The number of hydrogen-bond donors (Lipinski definition) is 2. The lowest BCUT2D eigenvalue weighted by Gasteiger charge is -2.05. The van der Waals surface area contributed by atoms with E-state index in [1.54, 1.807) is 14.0 Å². The molecule has 2 rings (SSSR count). The summed E-state index contributed by atoms with van der Waals surface area (Å²) in [7, 11) is 3.21. The number of aromatic nitrogens is 4. The quantitative estimate of drug-likeness (QED) is 0.861. The Kier molecular flexibility index (Phi) is 3.12. The zero-order chi connectivity index (χ0) is 13.4. The molecule has 0 radical (unpaired) electrons. The van der Waals surface area contributed by atoms with E-state index < -0.39 is 5.56 Å². The van der Waals surface area contributed by atoms with Crippen LogP contribution in [-0.4, -0.2) is 32.0 Å². The third kappa shape index (κ3) is 1.88. The van der Waals surface area contributed by atoms with Gasteiger partial charge in [-0.3, -0.25) is 4.79 Å². The molecule has 0 unspecified atom stereocenters. The summed E-state index contributed by atoms with van der Waals surface area (Å²) in [4.78, 5) is 18.0. The summed E-state index contributed by atoms with van der Waals surface area (Å²) in [6.07, 6.45) is 0. The number of H-pyrrole nitrogens is 1. The minimum atomic E-state index is -0.470. The van der Waals surface area contributed by atoms with Gasteiger partial charge in [-0.1, -0.05) is 0 Å². The SMILES string of the molecule is COc1c(-c2nc(O)c(Br)c(=O)[nH]2)c(C)nn1C. The molecule has 2 aromatic rings. The van der Waals surface area contributed by atoms with Gasteiger partial charge in [-0.25, -0.2) is 4.68 Å². The highest BCUT2D eigenvalue weighted by atomic mass is 79.9. The van der Waals surface area contributed by atoms with Gasteiger partial charge in [-0.15, -0.1) is 0 Å². The highest BCUT2D eigenvalue weighted by Gasteiger charge is 2.19. The van der Waals surface area contributed by atoms with Crippen LogP contribution in [-0.2, 0) is 7.05 Å². The first kappa shape index (κ1) is 12.6. The van der Waals surface area contributed by atoms with Crippen LogP contribution in [0.2, 0.25) is 0 Å². The molecular weight excluding hydrogens is 304 g/mol. The van der Waals surface area contributed by atoms with Gasteiger partial charge in [0.25, 0.3) is 5.56 Å². The molecule has 2 aromatic heterocycles. The van der Waals surface area contributed by atoms with Gasteiger partial charge in [-0.2, -0.15) is 10.1 Å². The van der Waals surface area contributed by atoms with Gasteiger partial charge in [0.15, 0.2) is 5.82 Å². The Morgan fingerprint density at radius 1 is 1.50 bits per heavy atom. The number of methoxy groups -OCH3 is 1. The van der Waals surface area contributed by atoms with Crippen molar-refractivity contribution in [3.63, 3.8) is 0 Å². The number of ether oxygens (including phenoxy) is 1. The second-order valence-corrected chi connectivity index (χ2v) is 4.44. The van der Waals surface area contributed by atoms with Crippen molar-refractivity contribution in [1.82, 2.24) is 19.7 Å². The van der Waals surface area contributed by atoms with E-state index in [-0.39, 0.29) is 16.2 Å². The Morgan fingerprint density at radius 2 is 2.17 bits per heavy atom. The lowest BCUT2D eigenvalue weighted by Crippen LogP contribution is -2.10. The highest BCUT2D eigenvalue weighted by molar-refractivity contribution is 9.10. The molecule has 8 heteroatoms. The smallest absolute Gasteiger partial charge is 0.269 e. The summed E-state index contributed by atoms with van der Waals surface area (Å²) in [6, 6.07) is 0. The van der Waals surface area contributed by atoms with E-state index in [9.17, 15) is 9.90 Å². The molecule has 2 N–H and O–H groups in total.